The minimum atomic E-state index is -0.615. The van der Waals surface area contributed by atoms with Gasteiger partial charge in [0.2, 0.25) is 5.91 Å². The van der Waals surface area contributed by atoms with Gasteiger partial charge in [-0.05, 0) is 77.7 Å². The molecule has 3 heteroatoms. The number of nitrogens with zero attached hydrogens (tertiary/aromatic N) is 1. The predicted octanol–water partition coefficient (Wildman–Crippen LogP) is 4.34. The first-order valence-electron chi connectivity index (χ1n) is 10.3. The summed E-state index contributed by atoms with van der Waals surface area (Å²) in [5.74, 6) is 1.01. The number of carbonyl (C=O) groups excluding carboxylic acids is 1. The van der Waals surface area contributed by atoms with Crippen molar-refractivity contribution in [2.75, 3.05) is 6.54 Å². The average molecular weight is 356 g/mol. The number of aryl methyl sites for hydroxylation is 2. The molecule has 1 aromatic carbocycles. The van der Waals surface area contributed by atoms with Gasteiger partial charge in [0, 0.05) is 23.9 Å². The second kappa shape index (κ2) is 6.09. The first-order valence-corrected chi connectivity index (χ1v) is 10.3. The van der Waals surface area contributed by atoms with Crippen LogP contribution in [0.15, 0.2) is 18.2 Å². The molecule has 1 saturated heterocycles. The Morgan fingerprint density at radius 1 is 1.12 bits per heavy atom. The van der Waals surface area contributed by atoms with Gasteiger partial charge in [-0.2, -0.15) is 0 Å². The van der Waals surface area contributed by atoms with Crippen molar-refractivity contribution in [1.82, 2.24) is 4.90 Å². The van der Waals surface area contributed by atoms with Crippen molar-refractivity contribution in [2.24, 2.45) is 11.3 Å². The standard InChI is InChI=1S/C23H33NO2/c1-15-9-16(2)11-19(10-15)18-5-7-23(8-6-18)14-24(17(23)3)21(25)20-12-22(4,26)13-20/h9-11,17-18,20,26H,5-8,12-14H2,1-4H3/t17-,18?,20?,22?,23?/m0/s1. The van der Waals surface area contributed by atoms with Gasteiger partial charge >= 0.3 is 0 Å². The van der Waals surface area contributed by atoms with E-state index in [9.17, 15) is 9.90 Å². The van der Waals surface area contributed by atoms with Crippen LogP contribution in [-0.4, -0.2) is 34.1 Å². The Balaban J connectivity index is 1.36. The lowest BCUT2D eigenvalue weighted by atomic mass is 9.59. The van der Waals surface area contributed by atoms with Gasteiger partial charge < -0.3 is 10.0 Å². The lowest BCUT2D eigenvalue weighted by Gasteiger charge is -2.60. The van der Waals surface area contributed by atoms with E-state index >= 15 is 0 Å². The highest BCUT2D eigenvalue weighted by atomic mass is 16.3. The molecule has 0 aromatic heterocycles. The second-order valence-electron chi connectivity index (χ2n) is 9.80. The Hall–Kier alpha value is -1.35. The number of carbonyl (C=O) groups is 1. The molecule has 1 atom stereocenters. The van der Waals surface area contributed by atoms with Crippen LogP contribution in [0.5, 0.6) is 0 Å². The Morgan fingerprint density at radius 3 is 2.19 bits per heavy atom. The number of likely N-dealkylation sites (tertiary alicyclic amines) is 1. The number of benzene rings is 1. The van der Waals surface area contributed by atoms with Gasteiger partial charge in [0.15, 0.2) is 0 Å². The molecule has 3 fully saturated rings. The summed E-state index contributed by atoms with van der Waals surface area (Å²) in [6, 6.07) is 7.33. The van der Waals surface area contributed by atoms with Crippen LogP contribution in [0, 0.1) is 25.2 Å². The van der Waals surface area contributed by atoms with Crippen LogP contribution in [0.4, 0.5) is 0 Å². The van der Waals surface area contributed by atoms with Crippen molar-refractivity contribution >= 4 is 5.91 Å². The molecule has 1 heterocycles. The third kappa shape index (κ3) is 2.98. The van der Waals surface area contributed by atoms with Gasteiger partial charge in [0.05, 0.1) is 5.60 Å². The number of amides is 1. The van der Waals surface area contributed by atoms with Gasteiger partial charge in [0.25, 0.3) is 0 Å². The molecule has 142 valence electrons. The van der Waals surface area contributed by atoms with E-state index < -0.39 is 5.60 Å². The van der Waals surface area contributed by atoms with E-state index in [1.165, 1.54) is 42.4 Å². The second-order valence-corrected chi connectivity index (χ2v) is 9.80. The maximum atomic E-state index is 12.7. The molecule has 1 amide bonds. The number of aliphatic hydroxyl groups is 1. The van der Waals surface area contributed by atoms with Gasteiger partial charge in [0.1, 0.15) is 0 Å². The van der Waals surface area contributed by atoms with Crippen LogP contribution in [-0.2, 0) is 4.79 Å². The van der Waals surface area contributed by atoms with Crippen LogP contribution in [0.1, 0.15) is 75.0 Å². The van der Waals surface area contributed by atoms with Crippen LogP contribution in [0.3, 0.4) is 0 Å². The summed E-state index contributed by atoms with van der Waals surface area (Å²) in [6.07, 6.45) is 6.23. The molecule has 1 aromatic rings. The third-order valence-electron chi connectivity index (χ3n) is 7.54. The molecule has 1 N–H and O–H groups in total. The summed E-state index contributed by atoms with van der Waals surface area (Å²) in [5, 5.41) is 9.92. The number of rotatable bonds is 2. The van der Waals surface area contributed by atoms with Crippen molar-refractivity contribution < 1.29 is 9.90 Å². The largest absolute Gasteiger partial charge is 0.390 e. The maximum Gasteiger partial charge on any atom is 0.226 e. The van der Waals surface area contributed by atoms with Gasteiger partial charge in [-0.1, -0.05) is 29.3 Å². The lowest BCUT2D eigenvalue weighted by molar-refractivity contribution is -0.174. The lowest BCUT2D eigenvalue weighted by Crippen LogP contribution is -2.68. The third-order valence-corrected chi connectivity index (χ3v) is 7.54. The van der Waals surface area contributed by atoms with Crippen LogP contribution in [0.25, 0.3) is 0 Å². The van der Waals surface area contributed by atoms with Crippen molar-refractivity contribution in [3.05, 3.63) is 34.9 Å². The molecule has 1 aliphatic heterocycles. The van der Waals surface area contributed by atoms with Crippen LogP contribution >= 0.6 is 0 Å². The molecular weight excluding hydrogens is 322 g/mol. The molecular formula is C23H33NO2. The highest BCUT2D eigenvalue weighted by Gasteiger charge is 2.55. The molecule has 2 saturated carbocycles. The van der Waals surface area contributed by atoms with E-state index in [1.807, 2.05) is 6.92 Å². The van der Waals surface area contributed by atoms with Crippen molar-refractivity contribution in [1.29, 1.82) is 0 Å². The van der Waals surface area contributed by atoms with Crippen molar-refractivity contribution in [3.63, 3.8) is 0 Å². The quantitative estimate of drug-likeness (QED) is 0.857. The normalized spacial score (nSPS) is 39.4. The maximum absolute atomic E-state index is 12.7. The average Bonchev–Trinajstić information content (AvgIpc) is 2.56. The number of hydrogen-bond donors (Lipinski definition) is 1. The summed E-state index contributed by atoms with van der Waals surface area (Å²) < 4.78 is 0. The van der Waals surface area contributed by atoms with Crippen molar-refractivity contribution in [3.8, 4) is 0 Å². The summed E-state index contributed by atoms with van der Waals surface area (Å²) >= 11 is 0. The molecule has 0 bridgehead atoms. The number of hydrogen-bond acceptors (Lipinski definition) is 2. The highest BCUT2D eigenvalue weighted by molar-refractivity contribution is 5.81. The van der Waals surface area contributed by atoms with E-state index in [2.05, 4.69) is 43.9 Å². The fourth-order valence-corrected chi connectivity index (χ4v) is 5.85. The molecule has 2 aliphatic carbocycles. The van der Waals surface area contributed by atoms with E-state index in [0.29, 0.717) is 30.2 Å². The first kappa shape index (κ1) is 18.0. The molecule has 4 rings (SSSR count). The van der Waals surface area contributed by atoms with Crippen molar-refractivity contribution in [2.45, 2.75) is 83.8 Å². The van der Waals surface area contributed by atoms with Gasteiger partial charge in [-0.15, -0.1) is 0 Å². The minimum Gasteiger partial charge on any atom is -0.390 e. The fraction of sp³-hybridized carbons (Fsp3) is 0.696. The molecule has 26 heavy (non-hydrogen) atoms. The summed E-state index contributed by atoms with van der Waals surface area (Å²) in [7, 11) is 0. The SMILES string of the molecule is Cc1cc(C)cc(C2CCC3(CC2)CN(C(=O)C2CC(C)(O)C2)[C@H]3C)c1. The Bertz CT molecular complexity index is 687. The summed E-state index contributed by atoms with van der Waals surface area (Å²) in [6.45, 7) is 9.40. The summed E-state index contributed by atoms with van der Waals surface area (Å²) in [5.41, 5.74) is 3.97. The smallest absolute Gasteiger partial charge is 0.226 e. The predicted molar refractivity (Wildman–Crippen MR) is 104 cm³/mol. The van der Waals surface area contributed by atoms with Gasteiger partial charge in [-0.25, -0.2) is 0 Å². The molecule has 3 nitrogen and oxygen atoms in total. The molecule has 0 unspecified atom stereocenters. The highest BCUT2D eigenvalue weighted by Crippen LogP contribution is 2.53. The zero-order valence-corrected chi connectivity index (χ0v) is 16.7. The zero-order chi connectivity index (χ0) is 18.7. The van der Waals surface area contributed by atoms with Gasteiger partial charge in [-0.3, -0.25) is 4.79 Å². The molecule has 3 aliphatic rings. The van der Waals surface area contributed by atoms with E-state index in [4.69, 9.17) is 0 Å². The van der Waals surface area contributed by atoms with Crippen LogP contribution < -0.4 is 0 Å². The van der Waals surface area contributed by atoms with E-state index in [0.717, 1.165) is 6.54 Å². The monoisotopic (exact) mass is 355 g/mol. The molecule has 0 radical (unpaired) electrons. The zero-order valence-electron chi connectivity index (χ0n) is 16.7. The molecule has 1 spiro atoms. The first-order chi connectivity index (χ1) is 12.2. The van der Waals surface area contributed by atoms with E-state index in [-0.39, 0.29) is 11.8 Å². The Kier molecular flexibility index (Phi) is 4.22. The minimum absolute atomic E-state index is 0.0522. The Labute approximate surface area is 157 Å². The van der Waals surface area contributed by atoms with Crippen LogP contribution in [0.2, 0.25) is 0 Å². The Morgan fingerprint density at radius 2 is 1.69 bits per heavy atom. The summed E-state index contributed by atoms with van der Waals surface area (Å²) in [4.78, 5) is 14.8. The fourth-order valence-electron chi connectivity index (χ4n) is 5.85. The van der Waals surface area contributed by atoms with E-state index in [1.54, 1.807) is 0 Å². The topological polar surface area (TPSA) is 40.5 Å².